The van der Waals surface area contributed by atoms with E-state index in [9.17, 15) is 12.3 Å². The van der Waals surface area contributed by atoms with Gasteiger partial charge in [-0.25, -0.2) is 0 Å². The van der Waals surface area contributed by atoms with E-state index in [1.165, 1.54) is 12.1 Å². The van der Waals surface area contributed by atoms with Crippen LogP contribution < -0.4 is 0 Å². The van der Waals surface area contributed by atoms with Crippen LogP contribution in [-0.2, 0) is 29.9 Å². The van der Waals surface area contributed by atoms with Crippen LogP contribution in [0.4, 0.5) is 3.89 Å². The second-order valence-corrected chi connectivity index (χ2v) is 8.64. The molecule has 0 aliphatic rings. The number of aryl methyl sites for hydroxylation is 1. The molecular formula is C14H23FO5SSi. The van der Waals surface area contributed by atoms with Crippen LogP contribution in [0.3, 0.4) is 0 Å². The molecule has 0 saturated carbocycles. The van der Waals surface area contributed by atoms with Gasteiger partial charge in [0.25, 0.3) is 0 Å². The highest BCUT2D eigenvalue weighted by atomic mass is 32.3. The molecule has 126 valence electrons. The Morgan fingerprint density at radius 3 is 1.77 bits per heavy atom. The van der Waals surface area contributed by atoms with Crippen molar-refractivity contribution in [3.8, 4) is 0 Å². The Labute approximate surface area is 133 Å². The molecule has 0 radical (unpaired) electrons. The van der Waals surface area contributed by atoms with Gasteiger partial charge in [-0.15, -0.1) is 3.89 Å². The lowest BCUT2D eigenvalue weighted by atomic mass is 10.2. The molecule has 0 heterocycles. The predicted octanol–water partition coefficient (Wildman–Crippen LogP) is 2.94. The average Bonchev–Trinajstić information content (AvgIpc) is 2.45. The summed E-state index contributed by atoms with van der Waals surface area (Å²) in [5.41, 5.74) is 0.878. The van der Waals surface area contributed by atoms with Gasteiger partial charge in [0.05, 0.1) is 4.90 Å². The molecule has 0 aliphatic carbocycles. The maximum atomic E-state index is 12.8. The van der Waals surface area contributed by atoms with Crippen LogP contribution in [0.2, 0.25) is 6.04 Å². The van der Waals surface area contributed by atoms with Gasteiger partial charge >= 0.3 is 19.0 Å². The molecule has 1 rings (SSSR count). The molecule has 1 aromatic rings. The Balaban J connectivity index is 2.79. The summed E-state index contributed by atoms with van der Waals surface area (Å²) in [6.07, 6.45) is 0.610. The van der Waals surface area contributed by atoms with Crippen molar-refractivity contribution in [3.63, 3.8) is 0 Å². The first-order valence-corrected chi connectivity index (χ1v) is 10.6. The molecule has 0 amide bonds. The van der Waals surface area contributed by atoms with Crippen LogP contribution in [0, 0.1) is 0 Å². The molecule has 1 aromatic carbocycles. The van der Waals surface area contributed by atoms with E-state index in [1.54, 1.807) is 12.1 Å². The van der Waals surface area contributed by atoms with Crippen LogP contribution in [-0.4, -0.2) is 37.0 Å². The first-order chi connectivity index (χ1) is 10.4. The van der Waals surface area contributed by atoms with Crippen LogP contribution in [0.25, 0.3) is 0 Å². The minimum Gasteiger partial charge on any atom is -0.374 e. The van der Waals surface area contributed by atoms with Crippen molar-refractivity contribution in [2.75, 3.05) is 19.8 Å². The Hall–Kier alpha value is -0.803. The minimum absolute atomic E-state index is 0.334. The lowest BCUT2D eigenvalue weighted by Gasteiger charge is -2.28. The summed E-state index contributed by atoms with van der Waals surface area (Å²) in [7, 11) is -7.38. The highest BCUT2D eigenvalue weighted by Gasteiger charge is 2.39. The Morgan fingerprint density at radius 1 is 0.955 bits per heavy atom. The molecule has 0 atom stereocenters. The molecular weight excluding hydrogens is 327 g/mol. The molecule has 0 fully saturated rings. The maximum absolute atomic E-state index is 12.8. The van der Waals surface area contributed by atoms with Crippen LogP contribution in [0.15, 0.2) is 29.2 Å². The maximum Gasteiger partial charge on any atom is 0.501 e. The summed E-state index contributed by atoms with van der Waals surface area (Å²) >= 11 is 0. The average molecular weight is 350 g/mol. The lowest BCUT2D eigenvalue weighted by Crippen LogP contribution is -2.46. The third-order valence-corrected chi connectivity index (χ3v) is 6.90. The van der Waals surface area contributed by atoms with E-state index >= 15 is 0 Å². The lowest BCUT2D eigenvalue weighted by molar-refractivity contribution is 0.0714. The van der Waals surface area contributed by atoms with Crippen LogP contribution in [0.1, 0.15) is 26.3 Å². The fourth-order valence-electron chi connectivity index (χ4n) is 2.12. The summed E-state index contributed by atoms with van der Waals surface area (Å²) < 4.78 is 51.7. The molecule has 0 N–H and O–H groups in total. The zero-order chi connectivity index (χ0) is 16.6. The molecule has 0 aromatic heterocycles. The Bertz CT molecular complexity index is 530. The summed E-state index contributed by atoms with van der Waals surface area (Å²) in [6.45, 7) is 7.18. The van der Waals surface area contributed by atoms with E-state index in [0.29, 0.717) is 32.3 Å². The normalized spacial score (nSPS) is 12.5. The largest absolute Gasteiger partial charge is 0.501 e. The van der Waals surface area contributed by atoms with Crippen molar-refractivity contribution < 1.29 is 25.6 Å². The van der Waals surface area contributed by atoms with Gasteiger partial charge < -0.3 is 13.3 Å². The Kier molecular flexibility index (Phi) is 7.64. The van der Waals surface area contributed by atoms with Crippen molar-refractivity contribution in [1.82, 2.24) is 0 Å². The smallest absolute Gasteiger partial charge is 0.374 e. The first-order valence-electron chi connectivity index (χ1n) is 7.32. The van der Waals surface area contributed by atoms with Gasteiger partial charge in [0, 0.05) is 25.9 Å². The van der Waals surface area contributed by atoms with Crippen molar-refractivity contribution in [3.05, 3.63) is 29.8 Å². The van der Waals surface area contributed by atoms with Gasteiger partial charge in [-0.3, -0.25) is 0 Å². The molecule has 0 saturated heterocycles. The van der Waals surface area contributed by atoms with Gasteiger partial charge in [0.1, 0.15) is 0 Å². The van der Waals surface area contributed by atoms with E-state index in [2.05, 4.69) is 0 Å². The second kappa shape index (κ2) is 8.73. The minimum atomic E-state index is -4.65. The SMILES string of the molecule is CCO[Si](CCc1ccc(S(=O)(=O)F)cc1)(OCC)OCC. The van der Waals surface area contributed by atoms with E-state index in [0.717, 1.165) is 5.56 Å². The molecule has 22 heavy (non-hydrogen) atoms. The van der Waals surface area contributed by atoms with Gasteiger partial charge in [0.15, 0.2) is 0 Å². The number of rotatable bonds is 10. The summed E-state index contributed by atoms with van der Waals surface area (Å²) in [5.74, 6) is 0. The highest BCUT2D eigenvalue weighted by molar-refractivity contribution is 7.86. The van der Waals surface area contributed by atoms with Gasteiger partial charge in [-0.1, -0.05) is 12.1 Å². The fraction of sp³-hybridized carbons (Fsp3) is 0.571. The monoisotopic (exact) mass is 350 g/mol. The number of hydrogen-bond donors (Lipinski definition) is 0. The van der Waals surface area contributed by atoms with E-state index in [1.807, 2.05) is 20.8 Å². The van der Waals surface area contributed by atoms with Crippen molar-refractivity contribution >= 4 is 19.0 Å². The summed E-state index contributed by atoms with van der Waals surface area (Å²) in [5, 5.41) is 0. The molecule has 0 spiro atoms. The third kappa shape index (κ3) is 5.77. The summed E-state index contributed by atoms with van der Waals surface area (Å²) in [4.78, 5) is -0.334. The topological polar surface area (TPSA) is 61.8 Å². The molecule has 5 nitrogen and oxygen atoms in total. The van der Waals surface area contributed by atoms with Gasteiger partial charge in [-0.05, 0) is 44.9 Å². The van der Waals surface area contributed by atoms with Gasteiger partial charge in [-0.2, -0.15) is 8.42 Å². The number of halogens is 1. The van der Waals surface area contributed by atoms with E-state index in [-0.39, 0.29) is 4.90 Å². The van der Waals surface area contributed by atoms with Crippen molar-refractivity contribution in [1.29, 1.82) is 0 Å². The van der Waals surface area contributed by atoms with Gasteiger partial charge in [0.2, 0.25) is 0 Å². The molecule has 0 aliphatic heterocycles. The zero-order valence-electron chi connectivity index (χ0n) is 13.2. The molecule has 0 bridgehead atoms. The first kappa shape index (κ1) is 19.2. The molecule has 8 heteroatoms. The zero-order valence-corrected chi connectivity index (χ0v) is 15.0. The third-order valence-electron chi connectivity index (χ3n) is 3.02. The Morgan fingerprint density at radius 2 is 1.41 bits per heavy atom. The van der Waals surface area contributed by atoms with E-state index in [4.69, 9.17) is 13.3 Å². The predicted molar refractivity (Wildman–Crippen MR) is 83.9 cm³/mol. The van der Waals surface area contributed by atoms with E-state index < -0.39 is 19.0 Å². The van der Waals surface area contributed by atoms with Crippen molar-refractivity contribution in [2.24, 2.45) is 0 Å². The quantitative estimate of drug-likeness (QED) is 0.480. The number of hydrogen-bond acceptors (Lipinski definition) is 5. The number of benzene rings is 1. The fourth-order valence-corrected chi connectivity index (χ4v) is 5.18. The second-order valence-electron chi connectivity index (χ2n) is 4.56. The van der Waals surface area contributed by atoms with Crippen LogP contribution >= 0.6 is 0 Å². The molecule has 0 unspecified atom stereocenters. The highest BCUT2D eigenvalue weighted by Crippen LogP contribution is 2.20. The van der Waals surface area contributed by atoms with Crippen molar-refractivity contribution in [2.45, 2.75) is 38.1 Å². The van der Waals surface area contributed by atoms with Crippen LogP contribution in [0.5, 0.6) is 0 Å². The standard InChI is InChI=1S/C14H23FO5SSi/c1-4-18-22(19-5-2,20-6-3)12-11-13-7-9-14(10-8-13)21(15,16)17/h7-10H,4-6,11-12H2,1-3H3. The summed E-state index contributed by atoms with van der Waals surface area (Å²) in [6, 6.07) is 6.29.